The molecule has 1 atom stereocenters. The molecule has 22 heavy (non-hydrogen) atoms. The monoisotopic (exact) mass is 321 g/mol. The van der Waals surface area contributed by atoms with Gasteiger partial charge in [0.05, 0.1) is 6.10 Å². The molecule has 0 fully saturated rings. The average molecular weight is 322 g/mol. The van der Waals surface area contributed by atoms with Crippen LogP contribution in [0.5, 0.6) is 0 Å². The third-order valence-electron chi connectivity index (χ3n) is 3.31. The lowest BCUT2D eigenvalue weighted by molar-refractivity contribution is -0.121. The number of halogens is 2. The van der Waals surface area contributed by atoms with Crippen molar-refractivity contribution >= 4 is 17.5 Å². The predicted octanol–water partition coefficient (Wildman–Crippen LogP) is 3.26. The Bertz CT molecular complexity index is 631. The first-order chi connectivity index (χ1) is 10.6. The molecule has 0 heterocycles. The van der Waals surface area contributed by atoms with Gasteiger partial charge in [0.25, 0.3) is 0 Å². The van der Waals surface area contributed by atoms with E-state index < -0.39 is 6.10 Å². The SMILES string of the molecule is O=C(CCc1ccc(F)cc1)NCC(O)c1ccccc1Cl. The maximum absolute atomic E-state index is 12.8. The van der Waals surface area contributed by atoms with Crippen LogP contribution >= 0.6 is 11.6 Å². The number of amides is 1. The fourth-order valence-electron chi connectivity index (χ4n) is 2.06. The van der Waals surface area contributed by atoms with Crippen LogP contribution in [0.2, 0.25) is 5.02 Å². The number of benzene rings is 2. The molecule has 0 saturated heterocycles. The summed E-state index contributed by atoms with van der Waals surface area (Å²) in [6, 6.07) is 13.0. The zero-order valence-corrected chi connectivity index (χ0v) is 12.7. The smallest absolute Gasteiger partial charge is 0.220 e. The number of rotatable bonds is 6. The minimum Gasteiger partial charge on any atom is -0.387 e. The fourth-order valence-corrected chi connectivity index (χ4v) is 2.32. The number of aliphatic hydroxyl groups is 1. The molecule has 0 aliphatic carbocycles. The van der Waals surface area contributed by atoms with Gasteiger partial charge in [-0.15, -0.1) is 0 Å². The second-order valence-electron chi connectivity index (χ2n) is 4.97. The number of nitrogens with one attached hydrogen (secondary N) is 1. The first kappa shape index (κ1) is 16.5. The molecule has 0 saturated carbocycles. The topological polar surface area (TPSA) is 49.3 Å². The Morgan fingerprint density at radius 3 is 2.55 bits per heavy atom. The number of hydrogen-bond donors (Lipinski definition) is 2. The van der Waals surface area contributed by atoms with E-state index in [1.165, 1.54) is 12.1 Å². The van der Waals surface area contributed by atoms with Gasteiger partial charge in [-0.3, -0.25) is 4.79 Å². The number of aryl methyl sites for hydroxylation is 1. The Morgan fingerprint density at radius 2 is 1.86 bits per heavy atom. The summed E-state index contributed by atoms with van der Waals surface area (Å²) in [7, 11) is 0. The third-order valence-corrected chi connectivity index (χ3v) is 3.66. The second kappa shape index (κ2) is 7.92. The lowest BCUT2D eigenvalue weighted by Gasteiger charge is -2.13. The van der Waals surface area contributed by atoms with E-state index in [0.29, 0.717) is 17.0 Å². The first-order valence-corrected chi connectivity index (χ1v) is 7.37. The molecule has 0 bridgehead atoms. The molecule has 0 aromatic heterocycles. The van der Waals surface area contributed by atoms with Gasteiger partial charge in [0.15, 0.2) is 0 Å². The molecule has 0 radical (unpaired) electrons. The quantitative estimate of drug-likeness (QED) is 0.858. The molecule has 2 aromatic carbocycles. The molecular weight excluding hydrogens is 305 g/mol. The molecule has 0 aliphatic heterocycles. The third kappa shape index (κ3) is 4.83. The molecular formula is C17H17ClFNO2. The van der Waals surface area contributed by atoms with Gasteiger partial charge >= 0.3 is 0 Å². The van der Waals surface area contributed by atoms with Crippen LogP contribution in [0.1, 0.15) is 23.7 Å². The van der Waals surface area contributed by atoms with Crippen LogP contribution in [-0.4, -0.2) is 17.6 Å². The second-order valence-corrected chi connectivity index (χ2v) is 5.38. The fraction of sp³-hybridized carbons (Fsp3) is 0.235. The van der Waals surface area contributed by atoms with Crippen molar-refractivity contribution in [1.82, 2.24) is 5.32 Å². The van der Waals surface area contributed by atoms with E-state index in [-0.39, 0.29) is 24.7 Å². The average Bonchev–Trinajstić information content (AvgIpc) is 2.52. The normalized spacial score (nSPS) is 12.0. The van der Waals surface area contributed by atoms with Crippen molar-refractivity contribution in [3.63, 3.8) is 0 Å². The molecule has 2 N–H and O–H groups in total. The van der Waals surface area contributed by atoms with Gasteiger partial charge in [-0.2, -0.15) is 0 Å². The Balaban J connectivity index is 1.78. The van der Waals surface area contributed by atoms with Crippen LogP contribution in [0.4, 0.5) is 4.39 Å². The lowest BCUT2D eigenvalue weighted by atomic mass is 10.1. The molecule has 116 valence electrons. The summed E-state index contributed by atoms with van der Waals surface area (Å²) in [6.45, 7) is 0.103. The number of hydrogen-bond acceptors (Lipinski definition) is 2. The van der Waals surface area contributed by atoms with Crippen molar-refractivity contribution in [3.8, 4) is 0 Å². The summed E-state index contributed by atoms with van der Waals surface area (Å²) in [4.78, 5) is 11.8. The lowest BCUT2D eigenvalue weighted by Crippen LogP contribution is -2.28. The van der Waals surface area contributed by atoms with Crippen LogP contribution in [0, 0.1) is 5.82 Å². The van der Waals surface area contributed by atoms with Crippen LogP contribution in [0.3, 0.4) is 0 Å². The molecule has 3 nitrogen and oxygen atoms in total. The molecule has 5 heteroatoms. The summed E-state index contributed by atoms with van der Waals surface area (Å²) in [6.07, 6.45) is -0.0432. The standard InChI is InChI=1S/C17H17ClFNO2/c18-15-4-2-1-3-14(15)16(21)11-20-17(22)10-7-12-5-8-13(19)9-6-12/h1-6,8-9,16,21H,7,10-11H2,(H,20,22). The van der Waals surface area contributed by atoms with Gasteiger partial charge in [-0.1, -0.05) is 41.9 Å². The van der Waals surface area contributed by atoms with Crippen LogP contribution in [0.15, 0.2) is 48.5 Å². The molecule has 1 unspecified atom stereocenters. The minimum atomic E-state index is -0.844. The maximum atomic E-state index is 12.8. The minimum absolute atomic E-state index is 0.103. The van der Waals surface area contributed by atoms with Crippen molar-refractivity contribution in [1.29, 1.82) is 0 Å². The first-order valence-electron chi connectivity index (χ1n) is 7.00. The van der Waals surface area contributed by atoms with E-state index in [0.717, 1.165) is 5.56 Å². The zero-order valence-electron chi connectivity index (χ0n) is 11.9. The van der Waals surface area contributed by atoms with Crippen molar-refractivity contribution in [2.75, 3.05) is 6.54 Å². The van der Waals surface area contributed by atoms with E-state index in [1.54, 1.807) is 36.4 Å². The highest BCUT2D eigenvalue weighted by molar-refractivity contribution is 6.31. The van der Waals surface area contributed by atoms with Gasteiger partial charge in [0.1, 0.15) is 5.82 Å². The van der Waals surface area contributed by atoms with Crippen LogP contribution < -0.4 is 5.32 Å². The van der Waals surface area contributed by atoms with Crippen molar-refractivity contribution in [3.05, 3.63) is 70.5 Å². The van der Waals surface area contributed by atoms with E-state index in [4.69, 9.17) is 11.6 Å². The summed E-state index contributed by atoms with van der Waals surface area (Å²) in [5.74, 6) is -0.466. The zero-order chi connectivity index (χ0) is 15.9. The van der Waals surface area contributed by atoms with Crippen LogP contribution in [0.25, 0.3) is 0 Å². The molecule has 0 aliphatic rings. The molecule has 1 amide bonds. The van der Waals surface area contributed by atoms with Crippen molar-refractivity contribution in [2.24, 2.45) is 0 Å². The highest BCUT2D eigenvalue weighted by Crippen LogP contribution is 2.21. The Morgan fingerprint density at radius 1 is 1.18 bits per heavy atom. The summed E-state index contributed by atoms with van der Waals surface area (Å²) >= 11 is 5.99. The summed E-state index contributed by atoms with van der Waals surface area (Å²) in [5.41, 5.74) is 1.48. The highest BCUT2D eigenvalue weighted by atomic mass is 35.5. The Labute approximate surface area is 133 Å². The van der Waals surface area contributed by atoms with E-state index in [1.807, 2.05) is 0 Å². The van der Waals surface area contributed by atoms with Gasteiger partial charge in [-0.25, -0.2) is 4.39 Å². The predicted molar refractivity (Wildman–Crippen MR) is 84.1 cm³/mol. The van der Waals surface area contributed by atoms with Crippen LogP contribution in [-0.2, 0) is 11.2 Å². The Hall–Kier alpha value is -1.91. The van der Waals surface area contributed by atoms with Gasteiger partial charge in [0.2, 0.25) is 5.91 Å². The van der Waals surface area contributed by atoms with E-state index >= 15 is 0 Å². The maximum Gasteiger partial charge on any atom is 0.220 e. The van der Waals surface area contributed by atoms with Crippen molar-refractivity contribution in [2.45, 2.75) is 18.9 Å². The van der Waals surface area contributed by atoms with E-state index in [9.17, 15) is 14.3 Å². The molecule has 2 aromatic rings. The number of carbonyl (C=O) groups is 1. The molecule has 0 spiro atoms. The van der Waals surface area contributed by atoms with Gasteiger partial charge in [0, 0.05) is 23.6 Å². The van der Waals surface area contributed by atoms with Crippen molar-refractivity contribution < 1.29 is 14.3 Å². The number of carbonyl (C=O) groups excluding carboxylic acids is 1. The van der Waals surface area contributed by atoms with Gasteiger partial charge in [-0.05, 0) is 30.2 Å². The summed E-state index contributed by atoms with van der Waals surface area (Å²) < 4.78 is 12.8. The highest BCUT2D eigenvalue weighted by Gasteiger charge is 2.12. The molecule has 2 rings (SSSR count). The Kier molecular flexibility index (Phi) is 5.92. The summed E-state index contributed by atoms with van der Waals surface area (Å²) in [5, 5.41) is 13.2. The largest absolute Gasteiger partial charge is 0.387 e. The van der Waals surface area contributed by atoms with E-state index in [2.05, 4.69) is 5.32 Å². The number of aliphatic hydroxyl groups excluding tert-OH is 1. The van der Waals surface area contributed by atoms with Gasteiger partial charge < -0.3 is 10.4 Å².